The van der Waals surface area contributed by atoms with Crippen molar-refractivity contribution >= 4 is 17.7 Å². The highest BCUT2D eigenvalue weighted by Gasteiger charge is 2.20. The lowest BCUT2D eigenvalue weighted by Gasteiger charge is -2.15. The molecule has 0 aliphatic heterocycles. The van der Waals surface area contributed by atoms with E-state index in [0.29, 0.717) is 13.1 Å². The van der Waals surface area contributed by atoms with Crippen LogP contribution in [0.3, 0.4) is 0 Å². The first-order valence-electron chi connectivity index (χ1n) is 6.59. The molecule has 0 aliphatic rings. The molecule has 1 aromatic rings. The summed E-state index contributed by atoms with van der Waals surface area (Å²) in [6.07, 6.45) is 0.933. The van der Waals surface area contributed by atoms with Crippen molar-refractivity contribution in [3.05, 3.63) is 5.82 Å². The quantitative estimate of drug-likeness (QED) is 0.738. The summed E-state index contributed by atoms with van der Waals surface area (Å²) in [4.78, 5) is 11.8. The Bertz CT molecular complexity index is 418. The number of amides is 1. The summed E-state index contributed by atoms with van der Waals surface area (Å²) < 4.78 is 1.98. The summed E-state index contributed by atoms with van der Waals surface area (Å²) in [5.74, 6) is 0.776. The number of carbonyl (C=O) groups is 1. The fourth-order valence-corrected chi connectivity index (χ4v) is 2.67. The van der Waals surface area contributed by atoms with Crippen molar-refractivity contribution in [1.82, 2.24) is 20.1 Å². The van der Waals surface area contributed by atoms with Gasteiger partial charge < -0.3 is 15.6 Å². The molecule has 6 nitrogen and oxygen atoms in total. The second-order valence-electron chi connectivity index (χ2n) is 4.62. The van der Waals surface area contributed by atoms with E-state index in [1.165, 1.54) is 11.8 Å². The molecule has 108 valence electrons. The normalized spacial score (nSPS) is 12.7. The monoisotopic (exact) mass is 285 g/mol. The van der Waals surface area contributed by atoms with E-state index in [9.17, 15) is 4.79 Å². The Balaban J connectivity index is 2.76. The molecule has 1 atom stereocenters. The smallest absolute Gasteiger partial charge is 0.233 e. The van der Waals surface area contributed by atoms with E-state index >= 15 is 0 Å². The molecule has 0 radical (unpaired) electrons. The maximum atomic E-state index is 11.8. The molecular weight excluding hydrogens is 262 g/mol. The minimum atomic E-state index is -0.195. The van der Waals surface area contributed by atoms with Gasteiger partial charge in [-0.3, -0.25) is 4.79 Å². The van der Waals surface area contributed by atoms with Crippen molar-refractivity contribution in [3.8, 4) is 0 Å². The van der Waals surface area contributed by atoms with Gasteiger partial charge in [-0.1, -0.05) is 18.7 Å². The number of nitrogens with zero attached hydrogens (tertiary/aromatic N) is 3. The van der Waals surface area contributed by atoms with Crippen LogP contribution in [-0.4, -0.2) is 32.5 Å². The van der Waals surface area contributed by atoms with Gasteiger partial charge in [-0.2, -0.15) is 0 Å². The number of nitrogens with two attached hydrogens (primary N) is 1. The second-order valence-corrected chi connectivity index (χ2v) is 5.93. The zero-order valence-electron chi connectivity index (χ0n) is 12.0. The fourth-order valence-electron chi connectivity index (χ4n) is 1.65. The molecule has 0 aliphatic carbocycles. The first kappa shape index (κ1) is 16.0. The lowest BCUT2D eigenvalue weighted by atomic mass is 10.4. The van der Waals surface area contributed by atoms with Crippen LogP contribution in [0.1, 0.15) is 46.0 Å². The molecule has 19 heavy (non-hydrogen) atoms. The van der Waals surface area contributed by atoms with Crippen molar-refractivity contribution < 1.29 is 4.79 Å². The second kappa shape index (κ2) is 7.49. The van der Waals surface area contributed by atoms with E-state index in [2.05, 4.69) is 29.4 Å². The third-order valence-electron chi connectivity index (χ3n) is 2.63. The number of aromatic nitrogens is 3. The molecule has 1 heterocycles. The molecule has 1 amide bonds. The van der Waals surface area contributed by atoms with Gasteiger partial charge in [-0.05, 0) is 27.2 Å². The SMILES string of the molecule is CCCNC(=O)C(C)Sc1nnc(CN)n1C(C)C. The summed E-state index contributed by atoms with van der Waals surface area (Å²) >= 11 is 1.42. The molecule has 0 saturated carbocycles. The number of rotatable bonds is 7. The highest BCUT2D eigenvalue weighted by Crippen LogP contribution is 2.25. The Morgan fingerprint density at radius 2 is 2.11 bits per heavy atom. The van der Waals surface area contributed by atoms with E-state index in [1.54, 1.807) is 0 Å². The van der Waals surface area contributed by atoms with Gasteiger partial charge in [0.2, 0.25) is 5.91 Å². The Morgan fingerprint density at radius 1 is 1.42 bits per heavy atom. The molecule has 0 aromatic carbocycles. The molecule has 0 saturated heterocycles. The largest absolute Gasteiger partial charge is 0.355 e. The van der Waals surface area contributed by atoms with E-state index < -0.39 is 0 Å². The van der Waals surface area contributed by atoms with Crippen LogP contribution < -0.4 is 11.1 Å². The summed E-state index contributed by atoms with van der Waals surface area (Å²) in [6, 6.07) is 0.224. The molecule has 3 N–H and O–H groups in total. The maximum Gasteiger partial charge on any atom is 0.233 e. The average Bonchev–Trinajstić information content (AvgIpc) is 2.78. The van der Waals surface area contributed by atoms with Crippen LogP contribution in [0.5, 0.6) is 0 Å². The van der Waals surface area contributed by atoms with Gasteiger partial charge in [0.15, 0.2) is 5.16 Å². The molecule has 0 spiro atoms. The zero-order chi connectivity index (χ0) is 14.4. The van der Waals surface area contributed by atoms with Crippen LogP contribution in [0.4, 0.5) is 0 Å². The highest BCUT2D eigenvalue weighted by atomic mass is 32.2. The Kier molecular flexibility index (Phi) is 6.30. The number of nitrogens with one attached hydrogen (secondary N) is 1. The van der Waals surface area contributed by atoms with Gasteiger partial charge >= 0.3 is 0 Å². The van der Waals surface area contributed by atoms with Crippen LogP contribution in [0, 0.1) is 0 Å². The number of hydrogen-bond donors (Lipinski definition) is 2. The van der Waals surface area contributed by atoms with Crippen LogP contribution in [-0.2, 0) is 11.3 Å². The van der Waals surface area contributed by atoms with Gasteiger partial charge in [0.25, 0.3) is 0 Å². The maximum absolute atomic E-state index is 11.8. The van der Waals surface area contributed by atoms with Crippen LogP contribution in [0.15, 0.2) is 5.16 Å². The van der Waals surface area contributed by atoms with Crippen molar-refractivity contribution in [1.29, 1.82) is 0 Å². The predicted molar refractivity (Wildman–Crippen MR) is 76.9 cm³/mol. The Labute approximate surface area is 118 Å². The van der Waals surface area contributed by atoms with Crippen LogP contribution >= 0.6 is 11.8 Å². The van der Waals surface area contributed by atoms with E-state index in [4.69, 9.17) is 5.73 Å². The van der Waals surface area contributed by atoms with Gasteiger partial charge in [0, 0.05) is 12.6 Å². The molecule has 0 bridgehead atoms. The fraction of sp³-hybridized carbons (Fsp3) is 0.750. The number of hydrogen-bond acceptors (Lipinski definition) is 5. The van der Waals surface area contributed by atoms with Gasteiger partial charge in [-0.25, -0.2) is 0 Å². The first-order valence-corrected chi connectivity index (χ1v) is 7.47. The van der Waals surface area contributed by atoms with E-state index in [0.717, 1.165) is 17.4 Å². The van der Waals surface area contributed by atoms with Crippen molar-refractivity contribution in [3.63, 3.8) is 0 Å². The van der Waals surface area contributed by atoms with Crippen LogP contribution in [0.2, 0.25) is 0 Å². The summed E-state index contributed by atoms with van der Waals surface area (Å²) in [5, 5.41) is 11.6. The Hall–Kier alpha value is -1.08. The van der Waals surface area contributed by atoms with E-state index in [-0.39, 0.29) is 17.2 Å². The third kappa shape index (κ3) is 4.21. The molecule has 7 heteroatoms. The standard InChI is InChI=1S/C12H23N5OS/c1-5-6-14-11(18)9(4)19-12-16-15-10(7-13)17(12)8(2)3/h8-9H,5-7,13H2,1-4H3,(H,14,18). The minimum Gasteiger partial charge on any atom is -0.355 e. The van der Waals surface area contributed by atoms with Gasteiger partial charge in [0.05, 0.1) is 11.8 Å². The molecule has 1 rings (SSSR count). The lowest BCUT2D eigenvalue weighted by Crippen LogP contribution is -2.31. The predicted octanol–water partition coefficient (Wildman–Crippen LogP) is 1.32. The van der Waals surface area contributed by atoms with Crippen molar-refractivity contribution in [2.45, 2.75) is 57.1 Å². The highest BCUT2D eigenvalue weighted by molar-refractivity contribution is 8.00. The molecule has 1 unspecified atom stereocenters. The summed E-state index contributed by atoms with van der Waals surface area (Å²) in [5.41, 5.74) is 5.65. The van der Waals surface area contributed by atoms with E-state index in [1.807, 2.05) is 18.4 Å². The van der Waals surface area contributed by atoms with Crippen molar-refractivity contribution in [2.75, 3.05) is 6.54 Å². The number of carbonyl (C=O) groups excluding carboxylic acids is 1. The Morgan fingerprint density at radius 3 is 2.63 bits per heavy atom. The third-order valence-corrected chi connectivity index (χ3v) is 3.69. The molecule has 1 aromatic heterocycles. The van der Waals surface area contributed by atoms with Crippen molar-refractivity contribution in [2.24, 2.45) is 5.73 Å². The zero-order valence-corrected chi connectivity index (χ0v) is 12.8. The number of thioether (sulfide) groups is 1. The summed E-state index contributed by atoms with van der Waals surface area (Å²) in [6.45, 7) is 9.05. The first-order chi connectivity index (χ1) is 9.01. The topological polar surface area (TPSA) is 85.8 Å². The van der Waals surface area contributed by atoms with Gasteiger partial charge in [-0.15, -0.1) is 10.2 Å². The van der Waals surface area contributed by atoms with Gasteiger partial charge in [0.1, 0.15) is 5.82 Å². The molecule has 0 fully saturated rings. The minimum absolute atomic E-state index is 0.0273. The summed E-state index contributed by atoms with van der Waals surface area (Å²) in [7, 11) is 0. The van der Waals surface area contributed by atoms with Crippen LogP contribution in [0.25, 0.3) is 0 Å². The average molecular weight is 285 g/mol. The molecular formula is C12H23N5OS. The lowest BCUT2D eigenvalue weighted by molar-refractivity contribution is -0.120.